The van der Waals surface area contributed by atoms with E-state index in [4.69, 9.17) is 0 Å². The van der Waals surface area contributed by atoms with E-state index < -0.39 is 0 Å². The quantitative estimate of drug-likeness (QED) is 0.604. The van der Waals surface area contributed by atoms with Crippen molar-refractivity contribution in [1.29, 1.82) is 0 Å². The first-order chi connectivity index (χ1) is 8.47. The molecule has 0 radical (unpaired) electrons. The molecule has 0 saturated heterocycles. The smallest absolute Gasteiger partial charge is 0.0302 e. The van der Waals surface area contributed by atoms with Gasteiger partial charge in [-0.15, -0.1) is 0 Å². The Morgan fingerprint density at radius 3 is 2.00 bits per heavy atom. The van der Waals surface area contributed by atoms with E-state index in [1.807, 2.05) is 19.9 Å². The van der Waals surface area contributed by atoms with Crippen LogP contribution in [-0.2, 0) is 0 Å². The Balaban J connectivity index is 0. The van der Waals surface area contributed by atoms with E-state index in [2.05, 4.69) is 57.1 Å². The topological polar surface area (TPSA) is 6.48 Å². The highest BCUT2D eigenvalue weighted by Gasteiger charge is 1.99. The molecule has 0 N–H and O–H groups in total. The van der Waals surface area contributed by atoms with Crippen molar-refractivity contribution in [2.75, 3.05) is 34.2 Å². The van der Waals surface area contributed by atoms with Gasteiger partial charge in [0, 0.05) is 25.8 Å². The molecule has 0 heterocycles. The van der Waals surface area contributed by atoms with E-state index >= 15 is 0 Å². The Kier molecular flexibility index (Phi) is 13.4. The minimum atomic E-state index is 0.996. The molecule has 106 valence electrons. The SMILES string of the molecule is C=C(/C=C\C(=C)N(C)CCN(C)C)CCC.CC. The molecular formula is C16H32N2. The fourth-order valence-corrected chi connectivity index (χ4v) is 1.24. The van der Waals surface area contributed by atoms with Crippen molar-refractivity contribution in [1.82, 2.24) is 9.80 Å². The van der Waals surface area contributed by atoms with Crippen LogP contribution >= 0.6 is 0 Å². The minimum Gasteiger partial charge on any atom is -0.374 e. The Bertz CT molecular complexity index is 252. The fourth-order valence-electron chi connectivity index (χ4n) is 1.24. The van der Waals surface area contributed by atoms with Crippen LogP contribution in [0.3, 0.4) is 0 Å². The van der Waals surface area contributed by atoms with Crippen LogP contribution in [0, 0.1) is 0 Å². The average molecular weight is 252 g/mol. The number of rotatable bonds is 8. The van der Waals surface area contributed by atoms with Crippen molar-refractivity contribution in [2.24, 2.45) is 0 Å². The van der Waals surface area contributed by atoms with Crippen LogP contribution in [0.4, 0.5) is 0 Å². The number of allylic oxidation sites excluding steroid dienone is 3. The summed E-state index contributed by atoms with van der Waals surface area (Å²) < 4.78 is 0. The summed E-state index contributed by atoms with van der Waals surface area (Å²) in [6, 6.07) is 0. The molecular weight excluding hydrogens is 220 g/mol. The van der Waals surface area contributed by atoms with E-state index in [0.717, 1.165) is 31.6 Å². The first-order valence-corrected chi connectivity index (χ1v) is 6.88. The predicted octanol–water partition coefficient (Wildman–Crippen LogP) is 3.93. The van der Waals surface area contributed by atoms with Gasteiger partial charge in [-0.1, -0.05) is 52.0 Å². The summed E-state index contributed by atoms with van der Waals surface area (Å²) in [6.45, 7) is 16.2. The van der Waals surface area contributed by atoms with Crippen molar-refractivity contribution in [3.63, 3.8) is 0 Å². The summed E-state index contributed by atoms with van der Waals surface area (Å²) in [4.78, 5) is 4.33. The molecule has 0 bridgehead atoms. The van der Waals surface area contributed by atoms with E-state index in [0.29, 0.717) is 0 Å². The monoisotopic (exact) mass is 252 g/mol. The van der Waals surface area contributed by atoms with Gasteiger partial charge in [0.2, 0.25) is 0 Å². The molecule has 2 nitrogen and oxygen atoms in total. The molecule has 0 aliphatic heterocycles. The zero-order valence-corrected chi connectivity index (χ0v) is 13.3. The molecule has 0 rings (SSSR count). The molecule has 0 aromatic rings. The molecule has 0 atom stereocenters. The molecule has 0 saturated carbocycles. The molecule has 0 aliphatic rings. The molecule has 0 fully saturated rings. The normalized spacial score (nSPS) is 10.2. The van der Waals surface area contributed by atoms with E-state index in [-0.39, 0.29) is 0 Å². The molecule has 0 spiro atoms. The Hall–Kier alpha value is -1.02. The van der Waals surface area contributed by atoms with Gasteiger partial charge in [0.15, 0.2) is 0 Å². The molecule has 0 unspecified atom stereocenters. The second kappa shape index (κ2) is 12.4. The number of hydrogen-bond acceptors (Lipinski definition) is 2. The molecule has 0 amide bonds. The highest BCUT2D eigenvalue weighted by molar-refractivity contribution is 5.23. The molecule has 0 aliphatic carbocycles. The highest BCUT2D eigenvalue weighted by Crippen LogP contribution is 2.07. The van der Waals surface area contributed by atoms with Gasteiger partial charge in [0.25, 0.3) is 0 Å². The Morgan fingerprint density at radius 1 is 1.00 bits per heavy atom. The number of hydrogen-bond donors (Lipinski definition) is 0. The lowest BCUT2D eigenvalue weighted by Gasteiger charge is -2.21. The van der Waals surface area contributed by atoms with Gasteiger partial charge in [-0.2, -0.15) is 0 Å². The van der Waals surface area contributed by atoms with Crippen molar-refractivity contribution in [3.8, 4) is 0 Å². The second-order valence-electron chi connectivity index (χ2n) is 4.46. The molecule has 0 aromatic heterocycles. The van der Waals surface area contributed by atoms with Gasteiger partial charge < -0.3 is 9.80 Å². The summed E-state index contributed by atoms with van der Waals surface area (Å²) >= 11 is 0. The summed E-state index contributed by atoms with van der Waals surface area (Å²) in [6.07, 6.45) is 6.32. The zero-order valence-electron chi connectivity index (χ0n) is 13.3. The van der Waals surface area contributed by atoms with Gasteiger partial charge in [0.1, 0.15) is 0 Å². The minimum absolute atomic E-state index is 0.996. The van der Waals surface area contributed by atoms with Crippen LogP contribution in [0.1, 0.15) is 33.6 Å². The highest BCUT2D eigenvalue weighted by atomic mass is 15.2. The van der Waals surface area contributed by atoms with Crippen LogP contribution in [0.25, 0.3) is 0 Å². The van der Waals surface area contributed by atoms with E-state index in [1.165, 1.54) is 5.57 Å². The van der Waals surface area contributed by atoms with Crippen LogP contribution in [0.5, 0.6) is 0 Å². The van der Waals surface area contributed by atoms with Crippen LogP contribution < -0.4 is 0 Å². The summed E-state index contributed by atoms with van der Waals surface area (Å²) in [5, 5.41) is 0. The second-order valence-corrected chi connectivity index (χ2v) is 4.46. The molecule has 2 heteroatoms. The molecule has 18 heavy (non-hydrogen) atoms. The Labute approximate surface area is 115 Å². The summed E-state index contributed by atoms with van der Waals surface area (Å²) in [7, 11) is 6.23. The van der Waals surface area contributed by atoms with Crippen molar-refractivity contribution in [3.05, 3.63) is 36.6 Å². The maximum atomic E-state index is 4.04. The van der Waals surface area contributed by atoms with Crippen molar-refractivity contribution >= 4 is 0 Å². The lowest BCUT2D eigenvalue weighted by atomic mass is 10.1. The van der Waals surface area contributed by atoms with E-state index in [1.54, 1.807) is 0 Å². The van der Waals surface area contributed by atoms with Crippen molar-refractivity contribution < 1.29 is 0 Å². The zero-order chi connectivity index (χ0) is 14.6. The fraction of sp³-hybridized carbons (Fsp3) is 0.625. The van der Waals surface area contributed by atoms with Crippen LogP contribution in [0.15, 0.2) is 36.6 Å². The molecule has 0 aromatic carbocycles. The lowest BCUT2D eigenvalue weighted by Crippen LogP contribution is -2.27. The van der Waals surface area contributed by atoms with Crippen LogP contribution in [0.2, 0.25) is 0 Å². The van der Waals surface area contributed by atoms with E-state index in [9.17, 15) is 0 Å². The maximum absolute atomic E-state index is 4.04. The number of nitrogens with zero attached hydrogens (tertiary/aromatic N) is 2. The lowest BCUT2D eigenvalue weighted by molar-refractivity contribution is 0.331. The van der Waals surface area contributed by atoms with Gasteiger partial charge in [-0.3, -0.25) is 0 Å². The first-order valence-electron chi connectivity index (χ1n) is 6.88. The third-order valence-corrected chi connectivity index (χ3v) is 2.46. The van der Waals surface area contributed by atoms with Crippen LogP contribution in [-0.4, -0.2) is 44.0 Å². The van der Waals surface area contributed by atoms with Gasteiger partial charge in [-0.05, 0) is 26.6 Å². The summed E-state index contributed by atoms with van der Waals surface area (Å²) in [5.74, 6) is 0. The Morgan fingerprint density at radius 2 is 1.56 bits per heavy atom. The number of likely N-dealkylation sites (N-methyl/N-ethyl adjacent to an activating group) is 2. The third kappa shape index (κ3) is 11.5. The first kappa shape index (κ1) is 19.3. The van der Waals surface area contributed by atoms with Gasteiger partial charge >= 0.3 is 0 Å². The average Bonchev–Trinajstić information content (AvgIpc) is 2.35. The van der Waals surface area contributed by atoms with Crippen molar-refractivity contribution in [2.45, 2.75) is 33.6 Å². The standard InChI is InChI=1S/C14H26N2.C2H6/c1-7-8-13(2)9-10-14(3)16(6)12-11-15(4)5;1-2/h9-10H,2-3,7-8,11-12H2,1,4-6H3;1-2H3/b10-9-;. The van der Waals surface area contributed by atoms with Gasteiger partial charge in [-0.25, -0.2) is 0 Å². The predicted molar refractivity (Wildman–Crippen MR) is 84.9 cm³/mol. The third-order valence-electron chi connectivity index (χ3n) is 2.46. The largest absolute Gasteiger partial charge is 0.374 e. The maximum Gasteiger partial charge on any atom is 0.0302 e. The van der Waals surface area contributed by atoms with Gasteiger partial charge in [0.05, 0.1) is 0 Å². The summed E-state index contributed by atoms with van der Waals surface area (Å²) in [5.41, 5.74) is 2.21.